The van der Waals surface area contributed by atoms with E-state index in [9.17, 15) is 4.79 Å². The van der Waals surface area contributed by atoms with Gasteiger partial charge in [-0.05, 0) is 13.0 Å². The van der Waals surface area contributed by atoms with Crippen LogP contribution < -0.4 is 5.73 Å². The second-order valence-electron chi connectivity index (χ2n) is 2.40. The normalized spacial score (nSPS) is 15.8. The molecular formula is C6H9N3O2. The molecular weight excluding hydrogens is 146 g/mol. The Morgan fingerprint density at radius 1 is 1.82 bits per heavy atom. The van der Waals surface area contributed by atoms with Gasteiger partial charge in [-0.2, -0.15) is 5.10 Å². The molecule has 0 aliphatic rings. The van der Waals surface area contributed by atoms with Crippen LogP contribution in [0.15, 0.2) is 18.5 Å². The second kappa shape index (κ2) is 2.35. The number of hydrogen-bond donors (Lipinski definition) is 2. The number of aromatic nitrogens is 2. The Balaban J connectivity index is 3.00. The number of carboxylic acids is 1. The Hall–Kier alpha value is -1.36. The van der Waals surface area contributed by atoms with Gasteiger partial charge < -0.3 is 5.11 Å². The number of aliphatic carboxylic acids is 1. The quantitative estimate of drug-likeness (QED) is 0.608. The third-order valence-electron chi connectivity index (χ3n) is 1.41. The Kier molecular flexibility index (Phi) is 1.66. The molecule has 0 amide bonds. The van der Waals surface area contributed by atoms with Crippen LogP contribution in [0.2, 0.25) is 0 Å². The van der Waals surface area contributed by atoms with Gasteiger partial charge in [0.05, 0.1) is 0 Å². The highest BCUT2D eigenvalue weighted by Gasteiger charge is 2.30. The maximum atomic E-state index is 10.5. The zero-order valence-electron chi connectivity index (χ0n) is 6.06. The molecule has 0 aromatic carbocycles. The number of hydrogen-bond acceptors (Lipinski definition) is 3. The molecule has 0 saturated heterocycles. The molecule has 0 bridgehead atoms. The molecule has 11 heavy (non-hydrogen) atoms. The van der Waals surface area contributed by atoms with Crippen LogP contribution >= 0.6 is 0 Å². The lowest BCUT2D eigenvalue weighted by atomic mass is 10.2. The minimum absolute atomic E-state index is 1.11. The van der Waals surface area contributed by atoms with Gasteiger partial charge in [-0.1, -0.05) is 0 Å². The summed E-state index contributed by atoms with van der Waals surface area (Å²) in [5, 5.41) is 12.3. The summed E-state index contributed by atoms with van der Waals surface area (Å²) in [7, 11) is 0. The first-order chi connectivity index (χ1) is 5.05. The lowest BCUT2D eigenvalue weighted by Gasteiger charge is -2.18. The van der Waals surface area contributed by atoms with Gasteiger partial charge in [0.2, 0.25) is 5.66 Å². The summed E-state index contributed by atoms with van der Waals surface area (Å²) in [6.45, 7) is 1.38. The van der Waals surface area contributed by atoms with Crippen molar-refractivity contribution in [2.24, 2.45) is 5.73 Å². The molecule has 0 unspecified atom stereocenters. The van der Waals surface area contributed by atoms with Crippen LogP contribution in [0.4, 0.5) is 0 Å². The highest BCUT2D eigenvalue weighted by Crippen LogP contribution is 2.05. The van der Waals surface area contributed by atoms with Crippen molar-refractivity contribution in [3.05, 3.63) is 18.5 Å². The maximum absolute atomic E-state index is 10.5. The molecule has 0 spiro atoms. The molecule has 0 saturated carbocycles. The van der Waals surface area contributed by atoms with Gasteiger partial charge in [0.15, 0.2) is 0 Å². The molecule has 0 aliphatic heterocycles. The first-order valence-corrected chi connectivity index (χ1v) is 3.07. The van der Waals surface area contributed by atoms with E-state index in [0.29, 0.717) is 0 Å². The van der Waals surface area contributed by atoms with Gasteiger partial charge in [0, 0.05) is 12.4 Å². The maximum Gasteiger partial charge on any atom is 0.346 e. The van der Waals surface area contributed by atoms with Crippen molar-refractivity contribution >= 4 is 5.97 Å². The summed E-state index contributed by atoms with van der Waals surface area (Å²) in [6, 6.07) is 1.62. The molecule has 5 heteroatoms. The summed E-state index contributed by atoms with van der Waals surface area (Å²) in [5.41, 5.74) is 3.97. The lowest BCUT2D eigenvalue weighted by Crippen LogP contribution is -2.47. The fourth-order valence-electron chi connectivity index (χ4n) is 0.642. The first kappa shape index (κ1) is 7.74. The highest BCUT2D eigenvalue weighted by molar-refractivity contribution is 5.75. The van der Waals surface area contributed by atoms with Crippen LogP contribution in [0.1, 0.15) is 6.92 Å². The standard InChI is InChI=1S/C6H9N3O2/c1-6(7,5(10)11)9-4-2-3-8-9/h2-4H,7H2,1H3,(H,10,11)/t6-/m1/s1. The van der Waals surface area contributed by atoms with Gasteiger partial charge in [-0.15, -0.1) is 0 Å². The van der Waals surface area contributed by atoms with Crippen molar-refractivity contribution in [2.45, 2.75) is 12.6 Å². The SMILES string of the molecule is C[C@](N)(C(=O)O)n1cccn1. The van der Waals surface area contributed by atoms with Gasteiger partial charge in [-0.3, -0.25) is 5.73 Å². The molecule has 3 N–H and O–H groups in total. The van der Waals surface area contributed by atoms with Crippen molar-refractivity contribution in [1.82, 2.24) is 9.78 Å². The van der Waals surface area contributed by atoms with Gasteiger partial charge in [-0.25, -0.2) is 9.48 Å². The Bertz CT molecular complexity index is 253. The molecule has 1 heterocycles. The molecule has 0 fully saturated rings. The van der Waals surface area contributed by atoms with E-state index >= 15 is 0 Å². The molecule has 1 aromatic heterocycles. The summed E-state index contributed by atoms with van der Waals surface area (Å²) >= 11 is 0. The van der Waals surface area contributed by atoms with Crippen LogP contribution in [0, 0.1) is 0 Å². The first-order valence-electron chi connectivity index (χ1n) is 3.07. The van der Waals surface area contributed by atoms with Crippen molar-refractivity contribution in [1.29, 1.82) is 0 Å². The van der Waals surface area contributed by atoms with Crippen LogP contribution in [0.5, 0.6) is 0 Å². The van der Waals surface area contributed by atoms with Crippen LogP contribution in [0.3, 0.4) is 0 Å². The van der Waals surface area contributed by atoms with Gasteiger partial charge >= 0.3 is 5.97 Å². The molecule has 60 valence electrons. The highest BCUT2D eigenvalue weighted by atomic mass is 16.4. The third-order valence-corrected chi connectivity index (χ3v) is 1.41. The van der Waals surface area contributed by atoms with Crippen molar-refractivity contribution in [2.75, 3.05) is 0 Å². The van der Waals surface area contributed by atoms with Crippen LogP contribution in [-0.2, 0) is 10.5 Å². The number of rotatable bonds is 2. The van der Waals surface area contributed by atoms with E-state index in [1.165, 1.54) is 24.0 Å². The average molecular weight is 155 g/mol. The number of carboxylic acid groups (broad SMARTS) is 1. The molecule has 1 rings (SSSR count). The molecule has 1 aromatic rings. The third kappa shape index (κ3) is 1.22. The van der Waals surface area contributed by atoms with Gasteiger partial charge in [0.1, 0.15) is 0 Å². The minimum Gasteiger partial charge on any atom is -0.478 e. The van der Waals surface area contributed by atoms with Crippen LogP contribution in [0.25, 0.3) is 0 Å². The lowest BCUT2D eigenvalue weighted by molar-refractivity contribution is -0.146. The minimum atomic E-state index is -1.45. The van der Waals surface area contributed by atoms with Crippen LogP contribution in [-0.4, -0.2) is 20.9 Å². The average Bonchev–Trinajstić information content (AvgIpc) is 2.37. The Morgan fingerprint density at radius 3 is 2.82 bits per heavy atom. The predicted molar refractivity (Wildman–Crippen MR) is 37.7 cm³/mol. The van der Waals surface area contributed by atoms with E-state index in [0.717, 1.165) is 0 Å². The second-order valence-corrected chi connectivity index (χ2v) is 2.40. The van der Waals surface area contributed by atoms with E-state index in [1.54, 1.807) is 6.07 Å². The van der Waals surface area contributed by atoms with Crippen molar-refractivity contribution in [3.63, 3.8) is 0 Å². The molecule has 0 radical (unpaired) electrons. The van der Waals surface area contributed by atoms with Crippen molar-refractivity contribution in [3.8, 4) is 0 Å². The molecule has 1 atom stereocenters. The fraction of sp³-hybridized carbons (Fsp3) is 0.333. The summed E-state index contributed by atoms with van der Waals surface area (Å²) in [4.78, 5) is 10.5. The van der Waals surface area contributed by atoms with Gasteiger partial charge in [0.25, 0.3) is 0 Å². The van der Waals surface area contributed by atoms with E-state index in [2.05, 4.69) is 5.10 Å². The number of nitrogens with zero attached hydrogens (tertiary/aromatic N) is 2. The zero-order valence-corrected chi connectivity index (χ0v) is 6.06. The largest absolute Gasteiger partial charge is 0.478 e. The Labute approximate surface area is 63.4 Å². The molecule has 0 aliphatic carbocycles. The summed E-state index contributed by atoms with van der Waals surface area (Å²) in [6.07, 6.45) is 2.99. The molecule has 5 nitrogen and oxygen atoms in total. The predicted octanol–water partition coefficient (Wildman–Crippen LogP) is -0.401. The topological polar surface area (TPSA) is 81.1 Å². The fourth-order valence-corrected chi connectivity index (χ4v) is 0.642. The smallest absolute Gasteiger partial charge is 0.346 e. The van der Waals surface area contributed by atoms with E-state index in [4.69, 9.17) is 10.8 Å². The van der Waals surface area contributed by atoms with E-state index in [1.807, 2.05) is 0 Å². The number of nitrogens with two attached hydrogens (primary N) is 1. The zero-order chi connectivity index (χ0) is 8.48. The number of carbonyl (C=O) groups is 1. The summed E-state index contributed by atoms with van der Waals surface area (Å²) in [5.74, 6) is -1.11. The van der Waals surface area contributed by atoms with Crippen molar-refractivity contribution < 1.29 is 9.90 Å². The monoisotopic (exact) mass is 155 g/mol. The summed E-state index contributed by atoms with van der Waals surface area (Å²) < 4.78 is 1.19. The van der Waals surface area contributed by atoms with E-state index < -0.39 is 11.6 Å². The van der Waals surface area contributed by atoms with E-state index in [-0.39, 0.29) is 0 Å². The Morgan fingerprint density at radius 2 is 2.45 bits per heavy atom.